The van der Waals surface area contributed by atoms with Crippen molar-refractivity contribution in [2.24, 2.45) is 0 Å². The molecule has 2 heterocycles. The Balaban J connectivity index is 1.38. The van der Waals surface area contributed by atoms with Crippen molar-refractivity contribution in [3.8, 4) is 22.5 Å². The van der Waals surface area contributed by atoms with E-state index in [4.69, 9.17) is 9.97 Å². The number of aromatic amines is 1. The van der Waals surface area contributed by atoms with E-state index in [0.717, 1.165) is 76.2 Å². The molecule has 0 atom stereocenters. The third kappa shape index (κ3) is 4.40. The van der Waals surface area contributed by atoms with Crippen LogP contribution in [0.4, 0.5) is 0 Å². The summed E-state index contributed by atoms with van der Waals surface area (Å²) in [5, 5.41) is 9.59. The number of nitrogens with zero attached hydrogens (tertiary/aromatic N) is 3. The second-order valence-electron chi connectivity index (χ2n) is 10.3. The molecule has 0 saturated heterocycles. The maximum absolute atomic E-state index is 11.7. The largest absolute Gasteiger partial charge is 0.478 e. The second kappa shape index (κ2) is 9.93. The summed E-state index contributed by atoms with van der Waals surface area (Å²) in [4.78, 5) is 25.3. The molecule has 0 saturated carbocycles. The van der Waals surface area contributed by atoms with Gasteiger partial charge in [-0.25, -0.2) is 14.8 Å². The molecule has 0 unspecified atom stereocenters. The van der Waals surface area contributed by atoms with Gasteiger partial charge in [0.1, 0.15) is 11.6 Å². The topological polar surface area (TPSA) is 83.8 Å². The minimum Gasteiger partial charge on any atom is -0.478 e. The average Bonchev–Trinajstić information content (AvgIpc) is 3.51. The van der Waals surface area contributed by atoms with Gasteiger partial charge in [0.05, 0.1) is 22.3 Å². The van der Waals surface area contributed by atoms with Gasteiger partial charge in [-0.15, -0.1) is 0 Å². The molecule has 192 valence electrons. The summed E-state index contributed by atoms with van der Waals surface area (Å²) >= 11 is 0. The molecule has 3 aromatic carbocycles. The van der Waals surface area contributed by atoms with Gasteiger partial charge in [-0.3, -0.25) is 0 Å². The van der Waals surface area contributed by atoms with Gasteiger partial charge < -0.3 is 14.7 Å². The first-order chi connectivity index (χ1) is 18.5. The lowest BCUT2D eigenvalue weighted by Gasteiger charge is -2.12. The SMILES string of the molecule is CCCc1nc2c(C)cc(-c3nc4c([nH]3)CCCC4)cc2n1Cc1ccc(-c2ccccc2C(=O)O)cc1. The molecular formula is C32H32N4O2. The molecule has 0 bridgehead atoms. The van der Waals surface area contributed by atoms with E-state index >= 15 is 0 Å². The van der Waals surface area contributed by atoms with Crippen LogP contribution in [0.3, 0.4) is 0 Å². The average molecular weight is 505 g/mol. The van der Waals surface area contributed by atoms with E-state index in [0.29, 0.717) is 12.1 Å². The molecule has 0 aliphatic heterocycles. The third-order valence-electron chi connectivity index (χ3n) is 7.59. The molecule has 6 nitrogen and oxygen atoms in total. The first-order valence-electron chi connectivity index (χ1n) is 13.5. The Morgan fingerprint density at radius 2 is 1.79 bits per heavy atom. The summed E-state index contributed by atoms with van der Waals surface area (Å²) in [5.41, 5.74) is 10.0. The molecule has 5 aromatic rings. The van der Waals surface area contributed by atoms with Crippen molar-refractivity contribution in [1.29, 1.82) is 0 Å². The lowest BCUT2D eigenvalue weighted by atomic mass is 9.98. The Morgan fingerprint density at radius 1 is 1.00 bits per heavy atom. The summed E-state index contributed by atoms with van der Waals surface area (Å²) in [6.45, 7) is 5.02. The molecule has 0 spiro atoms. The number of aromatic nitrogens is 4. The Hall–Kier alpha value is -4.19. The molecule has 38 heavy (non-hydrogen) atoms. The Kier molecular flexibility index (Phi) is 6.32. The number of imidazole rings is 2. The zero-order valence-corrected chi connectivity index (χ0v) is 21.9. The second-order valence-corrected chi connectivity index (χ2v) is 10.3. The number of carbonyl (C=O) groups is 1. The van der Waals surface area contributed by atoms with Gasteiger partial charge in [0.25, 0.3) is 0 Å². The zero-order valence-electron chi connectivity index (χ0n) is 21.9. The number of hydrogen-bond acceptors (Lipinski definition) is 3. The molecule has 2 aromatic heterocycles. The van der Waals surface area contributed by atoms with E-state index in [2.05, 4.69) is 47.7 Å². The monoisotopic (exact) mass is 504 g/mol. The summed E-state index contributed by atoms with van der Waals surface area (Å²) < 4.78 is 2.33. The highest BCUT2D eigenvalue weighted by Gasteiger charge is 2.19. The maximum atomic E-state index is 11.7. The lowest BCUT2D eigenvalue weighted by Crippen LogP contribution is -2.05. The van der Waals surface area contributed by atoms with Crippen LogP contribution >= 0.6 is 0 Å². The summed E-state index contributed by atoms with van der Waals surface area (Å²) in [6.07, 6.45) is 6.49. The fraction of sp³-hybridized carbons (Fsp3) is 0.281. The van der Waals surface area contributed by atoms with Crippen LogP contribution in [0.2, 0.25) is 0 Å². The number of rotatable bonds is 7. The predicted octanol–water partition coefficient (Wildman–Crippen LogP) is 6.98. The van der Waals surface area contributed by atoms with E-state index in [1.165, 1.54) is 24.2 Å². The van der Waals surface area contributed by atoms with Crippen molar-refractivity contribution < 1.29 is 9.90 Å². The number of hydrogen-bond donors (Lipinski definition) is 2. The van der Waals surface area contributed by atoms with E-state index in [-0.39, 0.29) is 0 Å². The van der Waals surface area contributed by atoms with Crippen LogP contribution in [0.15, 0.2) is 60.7 Å². The van der Waals surface area contributed by atoms with Crippen molar-refractivity contribution in [2.75, 3.05) is 0 Å². The van der Waals surface area contributed by atoms with Gasteiger partial charge in [0.15, 0.2) is 0 Å². The van der Waals surface area contributed by atoms with Crippen molar-refractivity contribution in [1.82, 2.24) is 19.5 Å². The lowest BCUT2D eigenvalue weighted by molar-refractivity contribution is 0.0697. The smallest absolute Gasteiger partial charge is 0.336 e. The van der Waals surface area contributed by atoms with E-state index in [9.17, 15) is 9.90 Å². The number of benzene rings is 3. The summed E-state index contributed by atoms with van der Waals surface area (Å²) in [7, 11) is 0. The molecular weight excluding hydrogens is 472 g/mol. The van der Waals surface area contributed by atoms with Gasteiger partial charge in [-0.1, -0.05) is 49.4 Å². The zero-order chi connectivity index (χ0) is 26.2. The van der Waals surface area contributed by atoms with Gasteiger partial charge in [-0.2, -0.15) is 0 Å². The van der Waals surface area contributed by atoms with Crippen molar-refractivity contribution in [2.45, 2.75) is 58.9 Å². The molecule has 1 aliphatic rings. The Bertz CT molecular complexity index is 1620. The molecule has 2 N–H and O–H groups in total. The molecule has 0 radical (unpaired) electrons. The molecule has 6 rings (SSSR count). The van der Waals surface area contributed by atoms with Crippen molar-refractivity contribution in [3.05, 3.63) is 94.6 Å². The summed E-state index contributed by atoms with van der Waals surface area (Å²) in [6, 6.07) is 19.8. The van der Waals surface area contributed by atoms with E-state index in [1.54, 1.807) is 12.1 Å². The number of H-pyrrole nitrogens is 1. The number of nitrogens with one attached hydrogen (secondary N) is 1. The number of fused-ring (bicyclic) bond motifs is 2. The van der Waals surface area contributed by atoms with Crippen LogP contribution in [0.1, 0.15) is 64.9 Å². The number of carboxylic acids is 1. The minimum atomic E-state index is -0.914. The molecule has 0 fully saturated rings. The Morgan fingerprint density at radius 3 is 2.55 bits per heavy atom. The normalized spacial score (nSPS) is 13.1. The highest BCUT2D eigenvalue weighted by molar-refractivity contribution is 5.96. The quantitative estimate of drug-likeness (QED) is 0.250. The van der Waals surface area contributed by atoms with Crippen molar-refractivity contribution >= 4 is 17.0 Å². The third-order valence-corrected chi connectivity index (χ3v) is 7.59. The van der Waals surface area contributed by atoms with E-state index < -0.39 is 5.97 Å². The number of aryl methyl sites for hydroxylation is 4. The van der Waals surface area contributed by atoms with Crippen LogP contribution < -0.4 is 0 Å². The fourth-order valence-corrected chi connectivity index (χ4v) is 5.65. The number of aromatic carboxylic acids is 1. The molecule has 0 amide bonds. The molecule has 6 heteroatoms. The van der Waals surface area contributed by atoms with Gasteiger partial charge in [0.2, 0.25) is 0 Å². The predicted molar refractivity (Wildman–Crippen MR) is 151 cm³/mol. The maximum Gasteiger partial charge on any atom is 0.336 e. The minimum absolute atomic E-state index is 0.314. The number of carboxylic acid groups (broad SMARTS) is 1. The summed E-state index contributed by atoms with van der Waals surface area (Å²) in [5.74, 6) is 1.12. The van der Waals surface area contributed by atoms with Crippen LogP contribution in [0.5, 0.6) is 0 Å². The van der Waals surface area contributed by atoms with Crippen LogP contribution in [-0.2, 0) is 25.8 Å². The van der Waals surface area contributed by atoms with Gasteiger partial charge >= 0.3 is 5.97 Å². The van der Waals surface area contributed by atoms with Crippen LogP contribution in [0.25, 0.3) is 33.5 Å². The Labute approximate surface area is 222 Å². The molecule has 1 aliphatic carbocycles. The van der Waals surface area contributed by atoms with Crippen LogP contribution in [0, 0.1) is 6.92 Å². The highest BCUT2D eigenvalue weighted by atomic mass is 16.4. The highest BCUT2D eigenvalue weighted by Crippen LogP contribution is 2.31. The first-order valence-corrected chi connectivity index (χ1v) is 13.5. The van der Waals surface area contributed by atoms with E-state index in [1.807, 2.05) is 24.3 Å². The fourth-order valence-electron chi connectivity index (χ4n) is 5.65. The van der Waals surface area contributed by atoms with Gasteiger partial charge in [0, 0.05) is 24.2 Å². The van der Waals surface area contributed by atoms with Gasteiger partial charge in [-0.05, 0) is 79.5 Å². The standard InChI is InChI=1S/C32H32N4O2/c1-3-8-29-35-30-20(2)17-23(31-33-26-11-6-7-12-27(26)34-31)18-28(30)36(29)19-21-13-15-22(16-14-21)24-9-4-5-10-25(24)32(37)38/h4-5,9-10,13-18H,3,6-8,11-12,19H2,1-2H3,(H,33,34)(H,37,38). The van der Waals surface area contributed by atoms with Crippen LogP contribution in [-0.4, -0.2) is 30.6 Å². The van der Waals surface area contributed by atoms with Crippen molar-refractivity contribution in [3.63, 3.8) is 0 Å². The first kappa shape index (κ1) is 24.2.